The van der Waals surface area contributed by atoms with Gasteiger partial charge in [-0.3, -0.25) is 4.79 Å². The van der Waals surface area contributed by atoms with Crippen molar-refractivity contribution in [1.29, 1.82) is 5.26 Å². The number of halogens is 2. The number of hydrogen-bond acceptors (Lipinski definition) is 2. The zero-order valence-corrected chi connectivity index (χ0v) is 12.2. The van der Waals surface area contributed by atoms with Crippen LogP contribution in [0.15, 0.2) is 40.9 Å². The maximum absolute atomic E-state index is 13.7. The number of aryl methyl sites for hydroxylation is 1. The van der Waals surface area contributed by atoms with Crippen LogP contribution in [-0.2, 0) is 0 Å². The molecule has 0 fully saturated rings. The van der Waals surface area contributed by atoms with E-state index in [-0.39, 0.29) is 11.1 Å². The van der Waals surface area contributed by atoms with Gasteiger partial charge in [0, 0.05) is 10.2 Å². The van der Waals surface area contributed by atoms with Crippen molar-refractivity contribution < 1.29 is 9.18 Å². The van der Waals surface area contributed by atoms with Gasteiger partial charge in [-0.1, -0.05) is 15.9 Å². The number of hydrogen-bond donors (Lipinski definition) is 1. The van der Waals surface area contributed by atoms with Crippen molar-refractivity contribution in [2.45, 2.75) is 6.92 Å². The Hall–Kier alpha value is -2.19. The summed E-state index contributed by atoms with van der Waals surface area (Å²) < 4.78 is 14.6. The van der Waals surface area contributed by atoms with Gasteiger partial charge in [0.15, 0.2) is 0 Å². The molecule has 0 aliphatic rings. The van der Waals surface area contributed by atoms with Crippen LogP contribution >= 0.6 is 15.9 Å². The number of amides is 1. The molecule has 20 heavy (non-hydrogen) atoms. The zero-order valence-electron chi connectivity index (χ0n) is 10.6. The van der Waals surface area contributed by atoms with Crippen molar-refractivity contribution in [3.05, 3.63) is 63.4 Å². The van der Waals surface area contributed by atoms with Crippen molar-refractivity contribution in [2.24, 2.45) is 0 Å². The highest BCUT2D eigenvalue weighted by Crippen LogP contribution is 2.21. The maximum Gasteiger partial charge on any atom is 0.258 e. The summed E-state index contributed by atoms with van der Waals surface area (Å²) in [7, 11) is 0. The minimum absolute atomic E-state index is 0.0914. The van der Waals surface area contributed by atoms with Gasteiger partial charge in [-0.15, -0.1) is 0 Å². The van der Waals surface area contributed by atoms with E-state index in [2.05, 4.69) is 21.2 Å². The summed E-state index contributed by atoms with van der Waals surface area (Å²) in [5.41, 5.74) is 1.56. The molecular formula is C15H10BrFN2O. The quantitative estimate of drug-likeness (QED) is 0.902. The molecule has 0 atom stereocenters. The van der Waals surface area contributed by atoms with Gasteiger partial charge in [-0.05, 0) is 48.9 Å². The Labute approximate surface area is 124 Å². The van der Waals surface area contributed by atoms with Crippen molar-refractivity contribution in [1.82, 2.24) is 0 Å². The third-order valence-corrected chi connectivity index (χ3v) is 3.27. The number of nitriles is 1. The summed E-state index contributed by atoms with van der Waals surface area (Å²) in [6.45, 7) is 1.84. The van der Waals surface area contributed by atoms with Crippen LogP contribution in [0.5, 0.6) is 0 Å². The van der Waals surface area contributed by atoms with E-state index in [4.69, 9.17) is 5.26 Å². The van der Waals surface area contributed by atoms with Gasteiger partial charge < -0.3 is 5.32 Å². The molecule has 0 spiro atoms. The molecule has 2 rings (SSSR count). The van der Waals surface area contributed by atoms with Crippen molar-refractivity contribution in [3.8, 4) is 6.07 Å². The van der Waals surface area contributed by atoms with Crippen molar-refractivity contribution in [2.75, 3.05) is 5.32 Å². The highest BCUT2D eigenvalue weighted by atomic mass is 79.9. The normalized spacial score (nSPS) is 9.90. The Morgan fingerprint density at radius 1 is 1.30 bits per heavy atom. The molecule has 0 aromatic heterocycles. The predicted octanol–water partition coefficient (Wildman–Crippen LogP) is 4.02. The third kappa shape index (κ3) is 3.03. The lowest BCUT2D eigenvalue weighted by molar-refractivity contribution is 0.102. The average molecular weight is 333 g/mol. The Kier molecular flexibility index (Phi) is 4.16. The molecule has 0 aliphatic heterocycles. The SMILES string of the molecule is Cc1cc(Br)ccc1NC(=O)c1ccc(C#N)cc1F. The minimum atomic E-state index is -0.712. The average Bonchev–Trinajstić information content (AvgIpc) is 2.41. The molecule has 0 saturated carbocycles. The van der Waals surface area contributed by atoms with Gasteiger partial charge in [0.05, 0.1) is 17.2 Å². The van der Waals surface area contributed by atoms with Gasteiger partial charge in [-0.2, -0.15) is 5.26 Å². The number of benzene rings is 2. The van der Waals surface area contributed by atoms with Crippen LogP contribution in [0.25, 0.3) is 0 Å². The largest absolute Gasteiger partial charge is 0.322 e. The molecule has 100 valence electrons. The molecule has 0 aliphatic carbocycles. The second-order valence-electron chi connectivity index (χ2n) is 4.22. The summed E-state index contributed by atoms with van der Waals surface area (Å²) in [6, 6.07) is 11.0. The third-order valence-electron chi connectivity index (χ3n) is 2.78. The molecule has 0 unspecified atom stereocenters. The lowest BCUT2D eigenvalue weighted by atomic mass is 10.1. The lowest BCUT2D eigenvalue weighted by Crippen LogP contribution is -2.14. The highest BCUT2D eigenvalue weighted by molar-refractivity contribution is 9.10. The number of anilines is 1. The molecule has 2 aromatic carbocycles. The van der Waals surface area contributed by atoms with Gasteiger partial charge in [0.1, 0.15) is 5.82 Å². The Bertz CT molecular complexity index is 722. The first-order valence-electron chi connectivity index (χ1n) is 5.78. The fraction of sp³-hybridized carbons (Fsp3) is 0.0667. The first-order chi connectivity index (χ1) is 9.51. The van der Waals surface area contributed by atoms with E-state index in [1.54, 1.807) is 12.1 Å². The van der Waals surface area contributed by atoms with Gasteiger partial charge >= 0.3 is 0 Å². The maximum atomic E-state index is 13.7. The fourth-order valence-electron chi connectivity index (χ4n) is 1.73. The monoisotopic (exact) mass is 332 g/mol. The zero-order chi connectivity index (χ0) is 14.7. The molecule has 1 amide bonds. The van der Waals surface area contributed by atoms with Crippen LogP contribution in [0.4, 0.5) is 10.1 Å². The Morgan fingerprint density at radius 2 is 2.05 bits per heavy atom. The lowest BCUT2D eigenvalue weighted by Gasteiger charge is -2.09. The molecule has 2 aromatic rings. The molecular weight excluding hydrogens is 323 g/mol. The summed E-state index contributed by atoms with van der Waals surface area (Å²) in [5, 5.41) is 11.3. The molecule has 0 radical (unpaired) electrons. The summed E-state index contributed by atoms with van der Waals surface area (Å²) in [6.07, 6.45) is 0. The number of nitrogens with one attached hydrogen (secondary N) is 1. The standard InChI is InChI=1S/C15H10BrFN2O/c1-9-6-11(16)3-5-14(9)19-15(20)12-4-2-10(8-18)7-13(12)17/h2-7H,1H3,(H,19,20). The number of rotatable bonds is 2. The van der Waals surface area contributed by atoms with Crippen LogP contribution < -0.4 is 5.32 Å². The van der Waals surface area contributed by atoms with E-state index >= 15 is 0 Å². The molecule has 0 bridgehead atoms. The molecule has 3 nitrogen and oxygen atoms in total. The summed E-state index contributed by atoms with van der Waals surface area (Å²) in [5.74, 6) is -1.26. The van der Waals surface area contributed by atoms with Crippen molar-refractivity contribution >= 4 is 27.5 Å². The van der Waals surface area contributed by atoms with Gasteiger partial charge in [0.25, 0.3) is 5.91 Å². The molecule has 0 heterocycles. The van der Waals surface area contributed by atoms with E-state index in [1.165, 1.54) is 12.1 Å². The first kappa shape index (κ1) is 14.2. The molecule has 0 saturated heterocycles. The van der Waals surface area contributed by atoms with E-state index < -0.39 is 11.7 Å². The molecule has 5 heteroatoms. The highest BCUT2D eigenvalue weighted by Gasteiger charge is 2.13. The Morgan fingerprint density at radius 3 is 2.65 bits per heavy atom. The molecule has 1 N–H and O–H groups in total. The Balaban J connectivity index is 2.26. The van der Waals surface area contributed by atoms with Crippen molar-refractivity contribution in [3.63, 3.8) is 0 Å². The summed E-state index contributed by atoms with van der Waals surface area (Å²) >= 11 is 3.33. The summed E-state index contributed by atoms with van der Waals surface area (Å²) in [4.78, 5) is 12.0. The van der Waals surface area contributed by atoms with E-state index in [1.807, 2.05) is 19.1 Å². The van der Waals surface area contributed by atoms with Crippen LogP contribution in [0.3, 0.4) is 0 Å². The fourth-order valence-corrected chi connectivity index (χ4v) is 2.20. The smallest absolute Gasteiger partial charge is 0.258 e. The van der Waals surface area contributed by atoms with Crippen LogP contribution in [0, 0.1) is 24.1 Å². The number of nitrogens with zero attached hydrogens (tertiary/aromatic N) is 1. The van der Waals surface area contributed by atoms with Crippen LogP contribution in [0.2, 0.25) is 0 Å². The number of carbonyl (C=O) groups excluding carboxylic acids is 1. The predicted molar refractivity (Wildman–Crippen MR) is 77.9 cm³/mol. The van der Waals surface area contributed by atoms with Crippen LogP contribution in [-0.4, -0.2) is 5.91 Å². The van der Waals surface area contributed by atoms with E-state index in [9.17, 15) is 9.18 Å². The van der Waals surface area contributed by atoms with Gasteiger partial charge in [0.2, 0.25) is 0 Å². The second kappa shape index (κ2) is 5.85. The second-order valence-corrected chi connectivity index (χ2v) is 5.14. The van der Waals surface area contributed by atoms with Gasteiger partial charge in [-0.25, -0.2) is 4.39 Å². The minimum Gasteiger partial charge on any atom is -0.322 e. The van der Waals surface area contributed by atoms with E-state index in [0.717, 1.165) is 16.1 Å². The number of carbonyl (C=O) groups is 1. The first-order valence-corrected chi connectivity index (χ1v) is 6.57. The van der Waals surface area contributed by atoms with Crippen LogP contribution in [0.1, 0.15) is 21.5 Å². The topological polar surface area (TPSA) is 52.9 Å². The van der Waals surface area contributed by atoms with E-state index in [0.29, 0.717) is 5.69 Å².